The Morgan fingerprint density at radius 3 is 1.16 bits per heavy atom. The molecule has 1 rings (SSSR count). The van der Waals surface area contributed by atoms with Gasteiger partial charge in [0.1, 0.15) is 0 Å². The summed E-state index contributed by atoms with van der Waals surface area (Å²) in [6, 6.07) is 4.80. The zero-order valence-electron chi connectivity index (χ0n) is 14.2. The van der Waals surface area contributed by atoms with E-state index in [4.69, 9.17) is 0 Å². The van der Waals surface area contributed by atoms with Gasteiger partial charge in [0.15, 0.2) is 0 Å². The molecule has 0 saturated heterocycles. The van der Waals surface area contributed by atoms with E-state index in [1.54, 1.807) is 0 Å². The van der Waals surface area contributed by atoms with Crippen LogP contribution in [0, 0.1) is 0 Å². The quantitative estimate of drug-likeness (QED) is 0.581. The molecular formula is C18H31P. The van der Waals surface area contributed by atoms with Crippen molar-refractivity contribution in [1.82, 2.24) is 0 Å². The SMILES string of the molecule is CC(C)(C)c1cc(C(C)(C)C)c(P)c(C(C)(C)C)c1. The molecule has 1 heteroatoms. The van der Waals surface area contributed by atoms with Gasteiger partial charge in [-0.25, -0.2) is 0 Å². The first-order valence-corrected chi connectivity index (χ1v) is 7.77. The van der Waals surface area contributed by atoms with E-state index in [0.29, 0.717) is 0 Å². The van der Waals surface area contributed by atoms with Gasteiger partial charge < -0.3 is 0 Å². The molecule has 0 aromatic heterocycles. The molecule has 1 atom stereocenters. The number of hydrogen-bond donors (Lipinski definition) is 0. The minimum Gasteiger partial charge on any atom is -0.105 e. The average molecular weight is 278 g/mol. The molecular weight excluding hydrogens is 247 g/mol. The van der Waals surface area contributed by atoms with E-state index in [9.17, 15) is 0 Å². The van der Waals surface area contributed by atoms with Crippen LogP contribution >= 0.6 is 9.24 Å². The van der Waals surface area contributed by atoms with Gasteiger partial charge in [0, 0.05) is 0 Å². The van der Waals surface area contributed by atoms with Crippen molar-refractivity contribution in [2.45, 2.75) is 78.6 Å². The molecule has 108 valence electrons. The van der Waals surface area contributed by atoms with E-state index >= 15 is 0 Å². The Morgan fingerprint density at radius 1 is 0.632 bits per heavy atom. The summed E-state index contributed by atoms with van der Waals surface area (Å²) in [5, 5.41) is 1.38. The molecule has 0 saturated carbocycles. The van der Waals surface area contributed by atoms with E-state index in [1.165, 1.54) is 22.0 Å². The molecule has 0 radical (unpaired) electrons. The molecule has 0 aliphatic heterocycles. The van der Waals surface area contributed by atoms with Crippen molar-refractivity contribution in [3.63, 3.8) is 0 Å². The lowest BCUT2D eigenvalue weighted by Crippen LogP contribution is -2.29. The van der Waals surface area contributed by atoms with Crippen LogP contribution in [0.1, 0.15) is 79.0 Å². The van der Waals surface area contributed by atoms with E-state index in [2.05, 4.69) is 83.7 Å². The third-order valence-corrected chi connectivity index (χ3v) is 4.28. The Hall–Kier alpha value is -0.350. The van der Waals surface area contributed by atoms with Gasteiger partial charge in [-0.1, -0.05) is 74.4 Å². The fraction of sp³-hybridized carbons (Fsp3) is 0.667. The van der Waals surface area contributed by atoms with Gasteiger partial charge >= 0.3 is 0 Å². The fourth-order valence-electron chi connectivity index (χ4n) is 2.33. The number of hydrogen-bond acceptors (Lipinski definition) is 0. The highest BCUT2D eigenvalue weighted by molar-refractivity contribution is 7.27. The number of rotatable bonds is 0. The van der Waals surface area contributed by atoms with Crippen LogP contribution in [0.15, 0.2) is 12.1 Å². The highest BCUT2D eigenvalue weighted by atomic mass is 31.0. The predicted molar refractivity (Wildman–Crippen MR) is 91.9 cm³/mol. The normalized spacial score (nSPS) is 13.8. The van der Waals surface area contributed by atoms with E-state index in [1.807, 2.05) is 0 Å². The van der Waals surface area contributed by atoms with Gasteiger partial charge in [-0.05, 0) is 38.2 Å². The van der Waals surface area contributed by atoms with Gasteiger partial charge in [-0.15, -0.1) is 9.24 Å². The van der Waals surface area contributed by atoms with Gasteiger partial charge in [-0.3, -0.25) is 0 Å². The monoisotopic (exact) mass is 278 g/mol. The third kappa shape index (κ3) is 3.82. The van der Waals surface area contributed by atoms with Gasteiger partial charge in [0.25, 0.3) is 0 Å². The molecule has 1 aromatic carbocycles. The van der Waals surface area contributed by atoms with Crippen molar-refractivity contribution in [3.8, 4) is 0 Å². The molecule has 0 aliphatic carbocycles. The highest BCUT2D eigenvalue weighted by Crippen LogP contribution is 2.34. The maximum Gasteiger partial charge on any atom is -0.0126 e. The lowest BCUT2D eigenvalue weighted by molar-refractivity contribution is 0.554. The molecule has 0 nitrogen and oxygen atoms in total. The largest absolute Gasteiger partial charge is 0.105 e. The molecule has 0 aliphatic rings. The van der Waals surface area contributed by atoms with E-state index in [0.717, 1.165) is 0 Å². The van der Waals surface area contributed by atoms with Crippen molar-refractivity contribution >= 4 is 14.5 Å². The van der Waals surface area contributed by atoms with Crippen LogP contribution < -0.4 is 5.30 Å². The maximum absolute atomic E-state index is 2.98. The molecule has 19 heavy (non-hydrogen) atoms. The number of benzene rings is 1. The zero-order valence-corrected chi connectivity index (χ0v) is 15.4. The van der Waals surface area contributed by atoms with Gasteiger partial charge in [0.2, 0.25) is 0 Å². The molecule has 0 amide bonds. The lowest BCUT2D eigenvalue weighted by Gasteiger charge is -2.32. The second-order valence-corrected chi connectivity index (χ2v) is 9.31. The average Bonchev–Trinajstić information content (AvgIpc) is 2.11. The predicted octanol–water partition coefficient (Wildman–Crippen LogP) is 5.08. The van der Waals surface area contributed by atoms with Crippen molar-refractivity contribution in [2.24, 2.45) is 0 Å². The Morgan fingerprint density at radius 2 is 0.947 bits per heavy atom. The highest BCUT2D eigenvalue weighted by Gasteiger charge is 2.27. The zero-order chi connectivity index (χ0) is 15.2. The smallest absolute Gasteiger partial charge is 0.0126 e. The van der Waals surface area contributed by atoms with Crippen LogP contribution in [0.25, 0.3) is 0 Å². The van der Waals surface area contributed by atoms with Gasteiger partial charge in [-0.2, -0.15) is 0 Å². The van der Waals surface area contributed by atoms with Crippen molar-refractivity contribution in [2.75, 3.05) is 0 Å². The van der Waals surface area contributed by atoms with Crippen molar-refractivity contribution in [1.29, 1.82) is 0 Å². The first kappa shape index (κ1) is 16.7. The molecule has 0 bridgehead atoms. The Labute approximate surface area is 122 Å². The standard InChI is InChI=1S/C18H31P/c1-16(2,3)12-10-13(17(4,5)6)15(19)14(11-12)18(7,8)9/h10-11H,19H2,1-9H3. The summed E-state index contributed by atoms with van der Waals surface area (Å²) in [7, 11) is 2.98. The van der Waals surface area contributed by atoms with Crippen molar-refractivity contribution < 1.29 is 0 Å². The lowest BCUT2D eigenvalue weighted by atomic mass is 9.75. The second-order valence-electron chi connectivity index (χ2n) is 8.74. The van der Waals surface area contributed by atoms with Gasteiger partial charge in [0.05, 0.1) is 0 Å². The minimum atomic E-state index is 0.179. The summed E-state index contributed by atoms with van der Waals surface area (Å²) >= 11 is 0. The molecule has 1 unspecified atom stereocenters. The molecule has 0 N–H and O–H groups in total. The summed E-state index contributed by atoms with van der Waals surface area (Å²) < 4.78 is 0. The third-order valence-electron chi connectivity index (χ3n) is 3.66. The van der Waals surface area contributed by atoms with Crippen LogP contribution in [0.5, 0.6) is 0 Å². The van der Waals surface area contributed by atoms with Crippen LogP contribution in [0.3, 0.4) is 0 Å². The van der Waals surface area contributed by atoms with Crippen LogP contribution in [-0.2, 0) is 16.2 Å². The first-order chi connectivity index (χ1) is 8.24. The van der Waals surface area contributed by atoms with E-state index < -0.39 is 0 Å². The van der Waals surface area contributed by atoms with Crippen molar-refractivity contribution in [3.05, 3.63) is 28.8 Å². The molecule has 1 aromatic rings. The topological polar surface area (TPSA) is 0 Å². The van der Waals surface area contributed by atoms with Crippen LogP contribution in [0.4, 0.5) is 0 Å². The second kappa shape index (κ2) is 4.88. The summed E-state index contributed by atoms with van der Waals surface area (Å²) in [6.45, 7) is 20.7. The van der Waals surface area contributed by atoms with Crippen LogP contribution in [-0.4, -0.2) is 0 Å². The molecule has 0 fully saturated rings. The summed E-state index contributed by atoms with van der Waals surface area (Å²) in [5.41, 5.74) is 4.90. The molecule has 0 heterocycles. The molecule has 0 spiro atoms. The first-order valence-electron chi connectivity index (χ1n) is 7.19. The summed E-state index contributed by atoms with van der Waals surface area (Å²) in [6.07, 6.45) is 0. The minimum absolute atomic E-state index is 0.179. The Balaban J connectivity index is 3.68. The van der Waals surface area contributed by atoms with Crippen LogP contribution in [0.2, 0.25) is 0 Å². The summed E-state index contributed by atoms with van der Waals surface area (Å²) in [5.74, 6) is 0. The Bertz CT molecular complexity index is 427. The maximum atomic E-state index is 2.98. The Kier molecular flexibility index (Phi) is 4.29. The van der Waals surface area contributed by atoms with E-state index in [-0.39, 0.29) is 16.2 Å². The summed E-state index contributed by atoms with van der Waals surface area (Å²) in [4.78, 5) is 0. The fourth-order valence-corrected chi connectivity index (χ4v) is 3.36.